The molecule has 0 unspecified atom stereocenters. The summed E-state index contributed by atoms with van der Waals surface area (Å²) in [6, 6.07) is 5.20. The molecule has 3 rings (SSSR count). The maximum atomic E-state index is 4.50. The quantitative estimate of drug-likeness (QED) is 0.855. The summed E-state index contributed by atoms with van der Waals surface area (Å²) < 4.78 is 0. The van der Waals surface area contributed by atoms with Gasteiger partial charge in [-0.1, -0.05) is 0 Å². The van der Waals surface area contributed by atoms with E-state index in [0.29, 0.717) is 0 Å². The second-order valence-electron chi connectivity index (χ2n) is 7.51. The Bertz CT molecular complexity index is 494. The van der Waals surface area contributed by atoms with Gasteiger partial charge in [0, 0.05) is 62.4 Å². The number of aromatic nitrogens is 1. The van der Waals surface area contributed by atoms with Crippen LogP contribution >= 0.6 is 0 Å². The lowest BCUT2D eigenvalue weighted by Gasteiger charge is -2.43. The van der Waals surface area contributed by atoms with E-state index >= 15 is 0 Å². The zero-order valence-corrected chi connectivity index (χ0v) is 15.3. The molecule has 0 aromatic carbocycles. The van der Waals surface area contributed by atoms with Gasteiger partial charge in [-0.25, -0.2) is 0 Å². The molecule has 0 N–H and O–H groups in total. The van der Waals surface area contributed by atoms with Crippen molar-refractivity contribution in [3.63, 3.8) is 0 Å². The molecule has 1 aromatic rings. The molecule has 2 aliphatic rings. The first kappa shape index (κ1) is 16.7. The molecule has 23 heavy (non-hydrogen) atoms. The van der Waals surface area contributed by atoms with E-state index in [1.807, 2.05) is 0 Å². The predicted molar refractivity (Wildman–Crippen MR) is 97.2 cm³/mol. The van der Waals surface area contributed by atoms with Gasteiger partial charge in [0.1, 0.15) is 0 Å². The molecule has 0 amide bonds. The summed E-state index contributed by atoms with van der Waals surface area (Å²) >= 11 is 0. The van der Waals surface area contributed by atoms with Crippen LogP contribution in [-0.2, 0) is 0 Å². The van der Waals surface area contributed by atoms with Crippen LogP contribution in [-0.4, -0.2) is 67.1 Å². The van der Waals surface area contributed by atoms with Gasteiger partial charge in [0.25, 0.3) is 0 Å². The van der Waals surface area contributed by atoms with E-state index in [2.05, 4.69) is 59.6 Å². The molecule has 2 aliphatic heterocycles. The Hall–Kier alpha value is -1.13. The third-order valence-corrected chi connectivity index (χ3v) is 5.77. The Morgan fingerprint density at radius 3 is 2.09 bits per heavy atom. The fourth-order valence-corrected chi connectivity index (χ4v) is 4.16. The van der Waals surface area contributed by atoms with Crippen molar-refractivity contribution in [3.05, 3.63) is 23.5 Å². The van der Waals surface area contributed by atoms with Crippen molar-refractivity contribution in [2.75, 3.05) is 51.2 Å². The van der Waals surface area contributed by atoms with Gasteiger partial charge < -0.3 is 9.80 Å². The van der Waals surface area contributed by atoms with E-state index in [9.17, 15) is 0 Å². The molecule has 4 heteroatoms. The number of hydrogen-bond donors (Lipinski definition) is 0. The summed E-state index contributed by atoms with van der Waals surface area (Å²) in [5.74, 6) is 0.846. The first-order valence-corrected chi connectivity index (χ1v) is 9.16. The summed E-state index contributed by atoms with van der Waals surface area (Å²) in [5.41, 5.74) is 3.63. The van der Waals surface area contributed by atoms with Crippen molar-refractivity contribution in [1.82, 2.24) is 14.8 Å². The average Bonchev–Trinajstić information content (AvgIpc) is 2.54. The van der Waals surface area contributed by atoms with Gasteiger partial charge in [-0.05, 0) is 58.7 Å². The molecule has 0 saturated carbocycles. The molecule has 2 saturated heterocycles. The average molecular weight is 316 g/mol. The molecule has 128 valence electrons. The van der Waals surface area contributed by atoms with Gasteiger partial charge >= 0.3 is 0 Å². The highest BCUT2D eigenvalue weighted by Crippen LogP contribution is 2.28. The van der Waals surface area contributed by atoms with Gasteiger partial charge in [0.2, 0.25) is 0 Å². The van der Waals surface area contributed by atoms with Crippen LogP contribution in [0.3, 0.4) is 0 Å². The number of hydrogen-bond acceptors (Lipinski definition) is 4. The Labute approximate surface area is 141 Å². The van der Waals surface area contributed by atoms with Crippen LogP contribution in [0.1, 0.15) is 31.2 Å². The molecule has 0 radical (unpaired) electrons. The van der Waals surface area contributed by atoms with Crippen molar-refractivity contribution in [2.24, 2.45) is 5.92 Å². The normalized spacial score (nSPS) is 23.2. The number of anilines is 1. The van der Waals surface area contributed by atoms with Crippen molar-refractivity contribution in [3.8, 4) is 0 Å². The number of likely N-dealkylation sites (N-methyl/N-ethyl adjacent to an activating group) is 1. The largest absolute Gasteiger partial charge is 0.371 e. The van der Waals surface area contributed by atoms with Gasteiger partial charge in [-0.15, -0.1) is 0 Å². The minimum atomic E-state index is 0.728. The van der Waals surface area contributed by atoms with Crippen molar-refractivity contribution in [1.29, 1.82) is 0 Å². The zero-order valence-electron chi connectivity index (χ0n) is 15.3. The molecular formula is C19H32N4. The van der Waals surface area contributed by atoms with Crippen LogP contribution in [0.4, 0.5) is 5.69 Å². The summed E-state index contributed by atoms with van der Waals surface area (Å²) in [6.45, 7) is 13.9. The second-order valence-corrected chi connectivity index (χ2v) is 7.51. The second kappa shape index (κ2) is 7.18. The zero-order chi connectivity index (χ0) is 16.4. The SMILES string of the molecule is Cc1cc(N2CCC([C@@H](C)N3CCN(C)CC3)CC2)cc(C)n1. The molecule has 0 spiro atoms. The number of rotatable bonds is 3. The van der Waals surface area contributed by atoms with Crippen LogP contribution in [0, 0.1) is 19.8 Å². The number of piperidine rings is 1. The Kier molecular flexibility index (Phi) is 5.22. The lowest BCUT2D eigenvalue weighted by atomic mass is 9.89. The van der Waals surface area contributed by atoms with Crippen molar-refractivity contribution >= 4 is 5.69 Å². The fraction of sp³-hybridized carbons (Fsp3) is 0.737. The van der Waals surface area contributed by atoms with E-state index in [-0.39, 0.29) is 0 Å². The topological polar surface area (TPSA) is 22.6 Å². The van der Waals surface area contributed by atoms with Crippen LogP contribution in [0.2, 0.25) is 0 Å². The fourth-order valence-electron chi connectivity index (χ4n) is 4.16. The van der Waals surface area contributed by atoms with E-state index in [0.717, 1.165) is 23.3 Å². The molecule has 3 heterocycles. The lowest BCUT2D eigenvalue weighted by molar-refractivity contribution is 0.0814. The molecule has 4 nitrogen and oxygen atoms in total. The first-order valence-electron chi connectivity index (χ1n) is 9.16. The molecular weight excluding hydrogens is 284 g/mol. The smallest absolute Gasteiger partial charge is 0.0402 e. The lowest BCUT2D eigenvalue weighted by Crippen LogP contribution is -2.51. The Morgan fingerprint density at radius 2 is 1.52 bits per heavy atom. The molecule has 0 aliphatic carbocycles. The van der Waals surface area contributed by atoms with Gasteiger partial charge in [-0.3, -0.25) is 9.88 Å². The van der Waals surface area contributed by atoms with Crippen LogP contribution < -0.4 is 4.90 Å². The maximum absolute atomic E-state index is 4.50. The monoisotopic (exact) mass is 316 g/mol. The minimum Gasteiger partial charge on any atom is -0.371 e. The number of pyridine rings is 1. The summed E-state index contributed by atoms with van der Waals surface area (Å²) in [7, 11) is 2.24. The summed E-state index contributed by atoms with van der Waals surface area (Å²) in [4.78, 5) is 12.2. The number of aryl methyl sites for hydroxylation is 2. The van der Waals surface area contributed by atoms with Crippen LogP contribution in [0.15, 0.2) is 12.1 Å². The third-order valence-electron chi connectivity index (χ3n) is 5.77. The van der Waals surface area contributed by atoms with E-state index in [1.165, 1.54) is 57.8 Å². The predicted octanol–water partition coefficient (Wildman–Crippen LogP) is 2.55. The number of piperazine rings is 1. The molecule has 1 atom stereocenters. The van der Waals surface area contributed by atoms with Crippen LogP contribution in [0.5, 0.6) is 0 Å². The Morgan fingerprint density at radius 1 is 0.957 bits per heavy atom. The minimum absolute atomic E-state index is 0.728. The summed E-state index contributed by atoms with van der Waals surface area (Å²) in [6.07, 6.45) is 2.63. The van der Waals surface area contributed by atoms with Gasteiger partial charge in [-0.2, -0.15) is 0 Å². The van der Waals surface area contributed by atoms with Gasteiger partial charge in [0.15, 0.2) is 0 Å². The molecule has 0 bridgehead atoms. The summed E-state index contributed by atoms with van der Waals surface area (Å²) in [5, 5.41) is 0. The highest BCUT2D eigenvalue weighted by molar-refractivity contribution is 5.48. The Balaban J connectivity index is 1.55. The number of nitrogens with zero attached hydrogens (tertiary/aromatic N) is 4. The highest BCUT2D eigenvalue weighted by Gasteiger charge is 2.29. The highest BCUT2D eigenvalue weighted by atomic mass is 15.3. The maximum Gasteiger partial charge on any atom is 0.0402 e. The van der Waals surface area contributed by atoms with E-state index < -0.39 is 0 Å². The van der Waals surface area contributed by atoms with E-state index in [4.69, 9.17) is 0 Å². The molecule has 2 fully saturated rings. The van der Waals surface area contributed by atoms with Gasteiger partial charge in [0.05, 0.1) is 0 Å². The van der Waals surface area contributed by atoms with Crippen molar-refractivity contribution in [2.45, 2.75) is 39.7 Å². The van der Waals surface area contributed by atoms with E-state index in [1.54, 1.807) is 0 Å². The standard InChI is InChI=1S/C19H32N4/c1-15-13-19(14-16(2)20-15)23-7-5-18(6-8-23)17(3)22-11-9-21(4)10-12-22/h13-14,17-18H,5-12H2,1-4H3/t17-/m1/s1. The van der Waals surface area contributed by atoms with Crippen molar-refractivity contribution < 1.29 is 0 Å². The van der Waals surface area contributed by atoms with Crippen LogP contribution in [0.25, 0.3) is 0 Å². The molecule has 1 aromatic heterocycles. The first-order chi connectivity index (χ1) is 11.0. The third kappa shape index (κ3) is 4.04.